The standard InChI is InChI=1S/C27H39N5O2/c1-5-7-11-22(19-28-4)25-20(3)26(32(31-25)24-12-9-8-10-13-24)30-27(33)29-23(16-17-34-6-2)18-21-14-15-21/h7-13,19,21,23,28H,5-6,14-18H2,1-4H3,(H2,29,30,33)/b11-7+,22-19+/t23-/m0/s1. The highest BCUT2D eigenvalue weighted by Gasteiger charge is 2.27. The molecule has 2 amide bonds. The van der Waals surface area contributed by atoms with Crippen LogP contribution in [0.2, 0.25) is 0 Å². The summed E-state index contributed by atoms with van der Waals surface area (Å²) in [4.78, 5) is 13.1. The van der Waals surface area contributed by atoms with E-state index in [4.69, 9.17) is 9.84 Å². The number of para-hydroxylation sites is 1. The highest BCUT2D eigenvalue weighted by molar-refractivity contribution is 5.91. The molecule has 1 heterocycles. The first kappa shape index (κ1) is 25.6. The number of ether oxygens (including phenoxy) is 1. The summed E-state index contributed by atoms with van der Waals surface area (Å²) in [5.41, 5.74) is 3.59. The van der Waals surface area contributed by atoms with Crippen LogP contribution in [0.5, 0.6) is 0 Å². The Morgan fingerprint density at radius 3 is 2.68 bits per heavy atom. The van der Waals surface area contributed by atoms with Gasteiger partial charge in [-0.15, -0.1) is 0 Å². The number of carbonyl (C=O) groups excluding carboxylic acids is 1. The van der Waals surface area contributed by atoms with Gasteiger partial charge in [-0.1, -0.05) is 50.1 Å². The molecule has 1 saturated carbocycles. The second kappa shape index (κ2) is 13.0. The molecule has 2 aromatic rings. The molecule has 0 bridgehead atoms. The fourth-order valence-electron chi connectivity index (χ4n) is 3.97. The third-order valence-corrected chi connectivity index (χ3v) is 5.93. The first-order chi connectivity index (χ1) is 16.6. The van der Waals surface area contributed by atoms with Crippen molar-refractivity contribution in [3.05, 3.63) is 59.9 Å². The van der Waals surface area contributed by atoms with Crippen molar-refractivity contribution in [2.75, 3.05) is 25.6 Å². The summed E-state index contributed by atoms with van der Waals surface area (Å²) in [6, 6.07) is 9.77. The Hall–Kier alpha value is -3.06. The van der Waals surface area contributed by atoms with Crippen molar-refractivity contribution < 1.29 is 9.53 Å². The Morgan fingerprint density at radius 2 is 2.03 bits per heavy atom. The summed E-state index contributed by atoms with van der Waals surface area (Å²) in [5, 5.41) is 14.3. The lowest BCUT2D eigenvalue weighted by atomic mass is 10.1. The molecule has 0 radical (unpaired) electrons. The van der Waals surface area contributed by atoms with E-state index in [0.29, 0.717) is 19.0 Å². The van der Waals surface area contributed by atoms with Crippen LogP contribution >= 0.6 is 0 Å². The SMILES string of the molecule is CC/C=C/C(=C\NC)c1nn(-c2ccccc2)c(NC(=O)N[C@@H](CCOCC)CC2CC2)c1C. The van der Waals surface area contributed by atoms with Gasteiger partial charge in [0.25, 0.3) is 0 Å². The van der Waals surface area contributed by atoms with Crippen LogP contribution in [0.1, 0.15) is 57.2 Å². The van der Waals surface area contributed by atoms with Crippen LogP contribution in [0.4, 0.5) is 10.6 Å². The Kier molecular flexibility index (Phi) is 9.76. The molecule has 7 heteroatoms. The molecule has 7 nitrogen and oxygen atoms in total. The summed E-state index contributed by atoms with van der Waals surface area (Å²) in [6.07, 6.45) is 11.3. The summed E-state index contributed by atoms with van der Waals surface area (Å²) < 4.78 is 7.35. The maximum Gasteiger partial charge on any atom is 0.320 e. The maximum atomic E-state index is 13.1. The molecule has 0 spiro atoms. The van der Waals surface area contributed by atoms with Crippen molar-refractivity contribution in [3.63, 3.8) is 0 Å². The van der Waals surface area contributed by atoms with Gasteiger partial charge < -0.3 is 15.4 Å². The molecule has 0 unspecified atom stereocenters. The lowest BCUT2D eigenvalue weighted by Crippen LogP contribution is -2.39. The molecule has 1 aliphatic carbocycles. The number of hydrogen-bond acceptors (Lipinski definition) is 4. The zero-order chi connectivity index (χ0) is 24.3. The van der Waals surface area contributed by atoms with Crippen LogP contribution in [0.15, 0.2) is 48.7 Å². The minimum atomic E-state index is -0.211. The summed E-state index contributed by atoms with van der Waals surface area (Å²) in [6.45, 7) is 7.44. The van der Waals surface area contributed by atoms with E-state index in [1.807, 2.05) is 62.1 Å². The van der Waals surface area contributed by atoms with Gasteiger partial charge >= 0.3 is 6.03 Å². The van der Waals surface area contributed by atoms with E-state index in [1.54, 1.807) is 0 Å². The second-order valence-corrected chi connectivity index (χ2v) is 8.73. The number of aromatic nitrogens is 2. The van der Waals surface area contributed by atoms with E-state index in [9.17, 15) is 4.79 Å². The zero-order valence-electron chi connectivity index (χ0n) is 20.9. The highest BCUT2D eigenvalue weighted by atomic mass is 16.5. The van der Waals surface area contributed by atoms with Crippen LogP contribution in [0, 0.1) is 12.8 Å². The molecule has 3 N–H and O–H groups in total. The number of urea groups is 1. The van der Waals surface area contributed by atoms with Crippen molar-refractivity contribution in [2.24, 2.45) is 5.92 Å². The summed E-state index contributed by atoms with van der Waals surface area (Å²) >= 11 is 0. The van der Waals surface area contributed by atoms with Gasteiger partial charge in [-0.05, 0) is 51.2 Å². The van der Waals surface area contributed by atoms with Gasteiger partial charge in [0.2, 0.25) is 0 Å². The Morgan fingerprint density at radius 1 is 1.26 bits per heavy atom. The quantitative estimate of drug-likeness (QED) is 0.272. The van der Waals surface area contributed by atoms with E-state index < -0.39 is 0 Å². The number of hydrogen-bond donors (Lipinski definition) is 3. The second-order valence-electron chi connectivity index (χ2n) is 8.73. The van der Waals surface area contributed by atoms with Gasteiger partial charge in [0.15, 0.2) is 0 Å². The van der Waals surface area contributed by atoms with Gasteiger partial charge in [-0.2, -0.15) is 5.10 Å². The van der Waals surface area contributed by atoms with Gasteiger partial charge in [0.1, 0.15) is 5.82 Å². The van der Waals surface area contributed by atoms with Crippen molar-refractivity contribution in [1.82, 2.24) is 20.4 Å². The third-order valence-electron chi connectivity index (χ3n) is 5.93. The van der Waals surface area contributed by atoms with E-state index in [1.165, 1.54) is 12.8 Å². The lowest BCUT2D eigenvalue weighted by Gasteiger charge is -2.19. The minimum absolute atomic E-state index is 0.0964. The number of nitrogens with one attached hydrogen (secondary N) is 3. The molecule has 1 atom stereocenters. The normalized spacial score (nSPS) is 14.9. The van der Waals surface area contributed by atoms with E-state index in [0.717, 1.165) is 47.7 Å². The largest absolute Gasteiger partial charge is 0.393 e. The van der Waals surface area contributed by atoms with Crippen LogP contribution in [-0.2, 0) is 4.74 Å². The predicted molar refractivity (Wildman–Crippen MR) is 139 cm³/mol. The van der Waals surface area contributed by atoms with Crippen LogP contribution in [0.25, 0.3) is 11.3 Å². The number of carbonyl (C=O) groups is 1. The molecule has 1 fully saturated rings. The Labute approximate surface area is 203 Å². The Balaban J connectivity index is 1.87. The number of benzene rings is 1. The molecular weight excluding hydrogens is 426 g/mol. The lowest BCUT2D eigenvalue weighted by molar-refractivity contribution is 0.135. The zero-order valence-corrected chi connectivity index (χ0v) is 20.9. The van der Waals surface area contributed by atoms with E-state index >= 15 is 0 Å². The number of amides is 2. The molecule has 184 valence electrons. The topological polar surface area (TPSA) is 80.2 Å². The van der Waals surface area contributed by atoms with Crippen molar-refractivity contribution in [3.8, 4) is 5.69 Å². The van der Waals surface area contributed by atoms with Crippen molar-refractivity contribution >= 4 is 17.4 Å². The molecule has 34 heavy (non-hydrogen) atoms. The maximum absolute atomic E-state index is 13.1. The van der Waals surface area contributed by atoms with Gasteiger partial charge in [-0.3, -0.25) is 5.32 Å². The molecular formula is C27H39N5O2. The number of allylic oxidation sites excluding steroid dienone is 3. The Bertz CT molecular complexity index is 976. The van der Waals surface area contributed by atoms with Crippen molar-refractivity contribution in [1.29, 1.82) is 0 Å². The van der Waals surface area contributed by atoms with Gasteiger partial charge in [0, 0.05) is 43.6 Å². The van der Waals surface area contributed by atoms with E-state index in [-0.39, 0.29) is 12.1 Å². The fraction of sp³-hybridized carbons (Fsp3) is 0.481. The van der Waals surface area contributed by atoms with Gasteiger partial charge in [0.05, 0.1) is 11.4 Å². The van der Waals surface area contributed by atoms with Crippen molar-refractivity contribution in [2.45, 2.75) is 58.9 Å². The smallest absolute Gasteiger partial charge is 0.320 e. The first-order valence-electron chi connectivity index (χ1n) is 12.4. The van der Waals surface area contributed by atoms with Crippen LogP contribution in [-0.4, -0.2) is 42.1 Å². The fourth-order valence-corrected chi connectivity index (χ4v) is 3.97. The number of nitrogens with zero attached hydrogens (tertiary/aromatic N) is 2. The minimum Gasteiger partial charge on any atom is -0.393 e. The summed E-state index contributed by atoms with van der Waals surface area (Å²) in [5.74, 6) is 1.38. The van der Waals surface area contributed by atoms with E-state index in [2.05, 4.69) is 35.0 Å². The third kappa shape index (κ3) is 7.22. The monoisotopic (exact) mass is 465 g/mol. The van der Waals surface area contributed by atoms with Gasteiger partial charge in [-0.25, -0.2) is 9.48 Å². The highest BCUT2D eigenvalue weighted by Crippen LogP contribution is 2.34. The molecule has 1 aliphatic rings. The molecule has 1 aromatic heterocycles. The average Bonchev–Trinajstić information content (AvgIpc) is 3.60. The first-order valence-corrected chi connectivity index (χ1v) is 12.4. The number of anilines is 1. The summed E-state index contributed by atoms with van der Waals surface area (Å²) in [7, 11) is 1.87. The number of rotatable bonds is 13. The predicted octanol–water partition coefficient (Wildman–Crippen LogP) is 5.42. The van der Waals surface area contributed by atoms with Crippen LogP contribution < -0.4 is 16.0 Å². The molecule has 1 aromatic carbocycles. The van der Waals surface area contributed by atoms with Crippen LogP contribution in [0.3, 0.4) is 0 Å². The average molecular weight is 466 g/mol. The molecule has 0 saturated heterocycles. The molecule has 3 rings (SSSR count). The molecule has 0 aliphatic heterocycles.